The highest BCUT2D eigenvalue weighted by Crippen LogP contribution is 2.32. The standard InChI is InChI=1S/C19H22N2O3S/c1-11-8-12(2)14(4)19(13(11)3)25(23,24)20-16-6-7-17-15(9-16)10-18(22)21(17)5/h6-9,20H,10H2,1-5H3. The van der Waals surface area contributed by atoms with Crippen LogP contribution in [0, 0.1) is 27.7 Å². The van der Waals surface area contributed by atoms with Crippen LogP contribution < -0.4 is 9.62 Å². The zero-order valence-electron chi connectivity index (χ0n) is 15.1. The molecule has 3 rings (SSSR count). The summed E-state index contributed by atoms with van der Waals surface area (Å²) >= 11 is 0. The average Bonchev–Trinajstić information content (AvgIpc) is 2.79. The van der Waals surface area contributed by atoms with Crippen LogP contribution in [0.1, 0.15) is 27.8 Å². The molecule has 0 aromatic heterocycles. The Balaban J connectivity index is 2.02. The minimum absolute atomic E-state index is 0.0102. The number of amides is 1. The molecule has 0 bridgehead atoms. The van der Waals surface area contributed by atoms with Crippen LogP contribution in [0.4, 0.5) is 11.4 Å². The summed E-state index contributed by atoms with van der Waals surface area (Å²) in [5.41, 5.74) is 5.54. The summed E-state index contributed by atoms with van der Waals surface area (Å²) in [6.45, 7) is 7.48. The molecule has 0 saturated heterocycles. The Morgan fingerprint density at radius 2 is 1.60 bits per heavy atom. The molecule has 5 nitrogen and oxygen atoms in total. The largest absolute Gasteiger partial charge is 0.315 e. The van der Waals surface area contributed by atoms with Crippen LogP contribution in [-0.4, -0.2) is 21.4 Å². The zero-order chi connectivity index (χ0) is 18.5. The van der Waals surface area contributed by atoms with E-state index < -0.39 is 10.0 Å². The van der Waals surface area contributed by atoms with Gasteiger partial charge in [0.1, 0.15) is 0 Å². The van der Waals surface area contributed by atoms with Gasteiger partial charge in [-0.15, -0.1) is 0 Å². The van der Waals surface area contributed by atoms with E-state index in [1.54, 1.807) is 30.1 Å². The van der Waals surface area contributed by atoms with Crippen molar-refractivity contribution in [1.29, 1.82) is 0 Å². The molecule has 0 unspecified atom stereocenters. The van der Waals surface area contributed by atoms with Gasteiger partial charge in [0.2, 0.25) is 5.91 Å². The second-order valence-electron chi connectivity index (χ2n) is 6.67. The normalized spacial score (nSPS) is 14.0. The van der Waals surface area contributed by atoms with Gasteiger partial charge in [0.25, 0.3) is 10.0 Å². The van der Waals surface area contributed by atoms with Crippen molar-refractivity contribution >= 4 is 27.3 Å². The van der Waals surface area contributed by atoms with Gasteiger partial charge in [-0.2, -0.15) is 0 Å². The maximum atomic E-state index is 13.0. The first kappa shape index (κ1) is 17.5. The second-order valence-corrected chi connectivity index (χ2v) is 8.29. The molecule has 0 atom stereocenters. The van der Waals surface area contributed by atoms with Gasteiger partial charge in [-0.3, -0.25) is 9.52 Å². The number of fused-ring (bicyclic) bond motifs is 1. The molecule has 1 heterocycles. The highest BCUT2D eigenvalue weighted by atomic mass is 32.2. The van der Waals surface area contributed by atoms with Crippen molar-refractivity contribution < 1.29 is 13.2 Å². The van der Waals surface area contributed by atoms with Gasteiger partial charge in [0, 0.05) is 18.4 Å². The number of hydrogen-bond acceptors (Lipinski definition) is 3. The van der Waals surface area contributed by atoms with Crippen LogP contribution in [0.25, 0.3) is 0 Å². The fourth-order valence-electron chi connectivity index (χ4n) is 3.32. The molecule has 0 radical (unpaired) electrons. The predicted molar refractivity (Wildman–Crippen MR) is 99.8 cm³/mol. The Bertz CT molecular complexity index is 968. The molecule has 1 aliphatic rings. The minimum Gasteiger partial charge on any atom is -0.315 e. The van der Waals surface area contributed by atoms with Crippen molar-refractivity contribution in [3.8, 4) is 0 Å². The van der Waals surface area contributed by atoms with Gasteiger partial charge in [-0.1, -0.05) is 6.07 Å². The van der Waals surface area contributed by atoms with Crippen LogP contribution in [0.15, 0.2) is 29.2 Å². The number of anilines is 2. The number of nitrogens with one attached hydrogen (secondary N) is 1. The van der Waals surface area contributed by atoms with Gasteiger partial charge in [-0.25, -0.2) is 8.42 Å². The average molecular weight is 358 g/mol. The number of hydrogen-bond donors (Lipinski definition) is 1. The van der Waals surface area contributed by atoms with E-state index in [-0.39, 0.29) is 5.91 Å². The van der Waals surface area contributed by atoms with Crippen LogP contribution >= 0.6 is 0 Å². The number of rotatable bonds is 3. The number of sulfonamides is 1. The lowest BCUT2D eigenvalue weighted by molar-refractivity contribution is -0.117. The molecule has 0 fully saturated rings. The van der Waals surface area contributed by atoms with Crippen molar-refractivity contribution in [2.75, 3.05) is 16.7 Å². The lowest BCUT2D eigenvalue weighted by Gasteiger charge is -2.17. The highest BCUT2D eigenvalue weighted by Gasteiger charge is 2.26. The first-order valence-electron chi connectivity index (χ1n) is 8.11. The van der Waals surface area contributed by atoms with Crippen molar-refractivity contribution in [3.63, 3.8) is 0 Å². The van der Waals surface area contributed by atoms with Crippen molar-refractivity contribution in [1.82, 2.24) is 0 Å². The van der Waals surface area contributed by atoms with E-state index in [1.165, 1.54) is 0 Å². The number of nitrogens with zero attached hydrogens (tertiary/aromatic N) is 1. The molecule has 1 N–H and O–H groups in total. The molecule has 0 spiro atoms. The van der Waals surface area contributed by atoms with Crippen LogP contribution in [0.2, 0.25) is 0 Å². The molecule has 0 aliphatic carbocycles. The van der Waals surface area contributed by atoms with Crippen LogP contribution in [-0.2, 0) is 21.2 Å². The Labute approximate surface area is 148 Å². The first-order valence-corrected chi connectivity index (χ1v) is 9.60. The van der Waals surface area contributed by atoms with Crippen LogP contribution in [0.5, 0.6) is 0 Å². The highest BCUT2D eigenvalue weighted by molar-refractivity contribution is 7.92. The summed E-state index contributed by atoms with van der Waals surface area (Å²) < 4.78 is 28.6. The number of likely N-dealkylation sites (N-methyl/N-ethyl adjacent to an activating group) is 1. The lowest BCUT2D eigenvalue weighted by Crippen LogP contribution is -2.20. The summed E-state index contributed by atoms with van der Waals surface area (Å²) in [6.07, 6.45) is 0.295. The summed E-state index contributed by atoms with van der Waals surface area (Å²) in [4.78, 5) is 13.7. The fraction of sp³-hybridized carbons (Fsp3) is 0.316. The van der Waals surface area contributed by atoms with Gasteiger partial charge >= 0.3 is 0 Å². The summed E-state index contributed by atoms with van der Waals surface area (Å²) in [6, 6.07) is 7.21. The Hall–Kier alpha value is -2.34. The molecule has 0 saturated carbocycles. The van der Waals surface area contributed by atoms with Gasteiger partial charge < -0.3 is 4.90 Å². The number of benzene rings is 2. The SMILES string of the molecule is Cc1cc(C)c(C)c(S(=O)(=O)Nc2ccc3c(c2)CC(=O)N3C)c1C. The van der Waals surface area contributed by atoms with E-state index in [9.17, 15) is 13.2 Å². The van der Waals surface area contributed by atoms with Crippen molar-refractivity contribution in [3.05, 3.63) is 52.1 Å². The van der Waals surface area contributed by atoms with Crippen LogP contribution in [0.3, 0.4) is 0 Å². The fourth-order valence-corrected chi connectivity index (χ4v) is 4.99. The molecule has 132 valence electrons. The quantitative estimate of drug-likeness (QED) is 0.916. The monoisotopic (exact) mass is 358 g/mol. The summed E-state index contributed by atoms with van der Waals surface area (Å²) in [7, 11) is -1.99. The predicted octanol–water partition coefficient (Wildman–Crippen LogP) is 3.24. The van der Waals surface area contributed by atoms with E-state index in [1.807, 2.05) is 33.8 Å². The Morgan fingerprint density at radius 3 is 2.20 bits per heavy atom. The number of aryl methyl sites for hydroxylation is 2. The Kier molecular flexibility index (Phi) is 4.11. The van der Waals surface area contributed by atoms with Crippen molar-refractivity contribution in [2.45, 2.75) is 39.0 Å². The number of carbonyl (C=O) groups is 1. The third-order valence-electron chi connectivity index (χ3n) is 4.97. The Morgan fingerprint density at radius 1 is 1.00 bits per heavy atom. The lowest BCUT2D eigenvalue weighted by atomic mass is 10.0. The topological polar surface area (TPSA) is 66.5 Å². The second kappa shape index (κ2) is 5.88. The molecule has 6 heteroatoms. The smallest absolute Gasteiger partial charge is 0.262 e. The molecular formula is C19H22N2O3S. The molecule has 1 aliphatic heterocycles. The molecular weight excluding hydrogens is 336 g/mol. The molecule has 1 amide bonds. The molecule has 2 aromatic carbocycles. The molecule has 25 heavy (non-hydrogen) atoms. The van der Waals surface area contributed by atoms with E-state index >= 15 is 0 Å². The maximum absolute atomic E-state index is 13.0. The van der Waals surface area contributed by atoms with E-state index in [4.69, 9.17) is 0 Å². The van der Waals surface area contributed by atoms with E-state index in [0.717, 1.165) is 33.5 Å². The zero-order valence-corrected chi connectivity index (χ0v) is 15.9. The summed E-state index contributed by atoms with van der Waals surface area (Å²) in [5, 5.41) is 0. The summed E-state index contributed by atoms with van der Waals surface area (Å²) in [5.74, 6) is 0.0102. The number of carbonyl (C=O) groups excluding carboxylic acids is 1. The third kappa shape index (κ3) is 2.91. The third-order valence-corrected chi connectivity index (χ3v) is 6.63. The minimum atomic E-state index is -3.71. The van der Waals surface area contributed by atoms with E-state index in [2.05, 4.69) is 4.72 Å². The maximum Gasteiger partial charge on any atom is 0.262 e. The van der Waals surface area contributed by atoms with Gasteiger partial charge in [-0.05, 0) is 73.7 Å². The van der Waals surface area contributed by atoms with Gasteiger partial charge in [0.15, 0.2) is 0 Å². The van der Waals surface area contributed by atoms with E-state index in [0.29, 0.717) is 17.0 Å². The van der Waals surface area contributed by atoms with Crippen molar-refractivity contribution in [2.24, 2.45) is 0 Å². The van der Waals surface area contributed by atoms with Gasteiger partial charge in [0.05, 0.1) is 11.3 Å². The first-order chi connectivity index (χ1) is 11.6. The molecule has 2 aromatic rings.